The highest BCUT2D eigenvalue weighted by atomic mass is 32.2. The van der Waals surface area contributed by atoms with Gasteiger partial charge in [0.25, 0.3) is 0 Å². The van der Waals surface area contributed by atoms with Crippen LogP contribution < -0.4 is 4.72 Å². The zero-order valence-corrected chi connectivity index (χ0v) is 9.95. The maximum absolute atomic E-state index is 11.8. The molecule has 1 heterocycles. The van der Waals surface area contributed by atoms with Crippen LogP contribution in [0, 0.1) is 18.3 Å². The zero-order chi connectivity index (χ0) is 12.2. The van der Waals surface area contributed by atoms with E-state index in [1.165, 1.54) is 0 Å². The molecule has 1 aromatic rings. The van der Waals surface area contributed by atoms with Gasteiger partial charge in [0.1, 0.15) is 0 Å². The van der Waals surface area contributed by atoms with E-state index in [1.54, 1.807) is 38.2 Å². The van der Waals surface area contributed by atoms with Crippen LogP contribution in [-0.2, 0) is 10.0 Å². The third-order valence-electron chi connectivity index (χ3n) is 2.15. The summed E-state index contributed by atoms with van der Waals surface area (Å²) in [5, 5.41) is 7.69. The topological polar surface area (TPSA) is 82.8 Å². The number of sulfonamides is 1. The van der Waals surface area contributed by atoms with Crippen LogP contribution in [0.25, 0.3) is 0 Å². The molecular weight excluding hydrogens is 226 g/mol. The first-order chi connectivity index (χ1) is 7.51. The van der Waals surface area contributed by atoms with Gasteiger partial charge in [-0.15, -0.1) is 0 Å². The molecule has 16 heavy (non-hydrogen) atoms. The van der Waals surface area contributed by atoms with Crippen molar-refractivity contribution < 1.29 is 8.42 Å². The van der Waals surface area contributed by atoms with E-state index in [2.05, 4.69) is 9.71 Å². The van der Waals surface area contributed by atoms with E-state index < -0.39 is 15.3 Å². The number of hydrogen-bond acceptors (Lipinski definition) is 4. The van der Waals surface area contributed by atoms with Crippen LogP contribution in [0.3, 0.4) is 0 Å². The standard InChI is InChI=1S/C10H13N3O2S/c1-3-9(7-11)16(14,15)13-10-5-4-6-12-8(10)2/h4-6,9,13H,3H2,1-2H3. The molecule has 0 amide bonds. The van der Waals surface area contributed by atoms with E-state index in [4.69, 9.17) is 5.26 Å². The molecule has 0 radical (unpaired) electrons. The van der Waals surface area contributed by atoms with Crippen LogP contribution in [0.4, 0.5) is 5.69 Å². The summed E-state index contributed by atoms with van der Waals surface area (Å²) >= 11 is 0. The predicted molar refractivity (Wildman–Crippen MR) is 61.2 cm³/mol. The van der Waals surface area contributed by atoms with Gasteiger partial charge in [0.05, 0.1) is 17.5 Å². The van der Waals surface area contributed by atoms with Gasteiger partial charge in [-0.05, 0) is 25.5 Å². The lowest BCUT2D eigenvalue weighted by Gasteiger charge is -2.12. The maximum Gasteiger partial charge on any atom is 0.249 e. The van der Waals surface area contributed by atoms with Crippen LogP contribution in [0.2, 0.25) is 0 Å². The lowest BCUT2D eigenvalue weighted by atomic mass is 10.3. The van der Waals surface area contributed by atoms with Crippen molar-refractivity contribution in [3.8, 4) is 6.07 Å². The fraction of sp³-hybridized carbons (Fsp3) is 0.400. The normalized spacial score (nSPS) is 12.8. The average molecular weight is 239 g/mol. The smallest absolute Gasteiger partial charge is 0.249 e. The molecule has 1 rings (SSSR count). The number of aryl methyl sites for hydroxylation is 1. The van der Waals surface area contributed by atoms with E-state index in [1.807, 2.05) is 0 Å². The van der Waals surface area contributed by atoms with Gasteiger partial charge >= 0.3 is 0 Å². The molecule has 1 aromatic heterocycles. The fourth-order valence-electron chi connectivity index (χ4n) is 1.20. The van der Waals surface area contributed by atoms with E-state index in [0.717, 1.165) is 0 Å². The van der Waals surface area contributed by atoms with Gasteiger partial charge in [0, 0.05) is 6.20 Å². The van der Waals surface area contributed by atoms with E-state index >= 15 is 0 Å². The Morgan fingerprint density at radius 2 is 2.31 bits per heavy atom. The number of anilines is 1. The molecule has 0 aliphatic rings. The van der Waals surface area contributed by atoms with Gasteiger partial charge in [0.2, 0.25) is 10.0 Å². The first-order valence-electron chi connectivity index (χ1n) is 4.84. The van der Waals surface area contributed by atoms with Crippen molar-refractivity contribution in [1.29, 1.82) is 5.26 Å². The number of hydrogen-bond donors (Lipinski definition) is 1. The summed E-state index contributed by atoms with van der Waals surface area (Å²) in [6.45, 7) is 3.36. The Morgan fingerprint density at radius 1 is 1.62 bits per heavy atom. The van der Waals surface area contributed by atoms with Crippen molar-refractivity contribution >= 4 is 15.7 Å². The van der Waals surface area contributed by atoms with Crippen molar-refractivity contribution in [2.75, 3.05) is 4.72 Å². The first kappa shape index (κ1) is 12.5. The predicted octanol–water partition coefficient (Wildman–Crippen LogP) is 1.43. The summed E-state index contributed by atoms with van der Waals surface area (Å²) in [5.41, 5.74) is 0.995. The molecule has 0 aliphatic carbocycles. The minimum absolute atomic E-state index is 0.255. The van der Waals surface area contributed by atoms with E-state index in [9.17, 15) is 8.42 Å². The van der Waals surface area contributed by atoms with Crippen LogP contribution >= 0.6 is 0 Å². The quantitative estimate of drug-likeness (QED) is 0.861. The minimum Gasteiger partial charge on any atom is -0.281 e. The largest absolute Gasteiger partial charge is 0.281 e. The third-order valence-corrected chi connectivity index (χ3v) is 3.84. The molecule has 6 heteroatoms. The van der Waals surface area contributed by atoms with Crippen molar-refractivity contribution in [2.45, 2.75) is 25.5 Å². The Labute approximate surface area is 95.2 Å². The van der Waals surface area contributed by atoms with Gasteiger partial charge in [-0.2, -0.15) is 5.26 Å². The summed E-state index contributed by atoms with van der Waals surface area (Å²) in [7, 11) is -3.65. The highest BCUT2D eigenvalue weighted by Gasteiger charge is 2.23. The SMILES string of the molecule is CCC(C#N)S(=O)(=O)Nc1cccnc1C. The van der Waals surface area contributed by atoms with Crippen molar-refractivity contribution in [3.05, 3.63) is 24.0 Å². The zero-order valence-electron chi connectivity index (χ0n) is 9.14. The molecule has 86 valence electrons. The second-order valence-corrected chi connectivity index (χ2v) is 5.17. The average Bonchev–Trinajstić information content (AvgIpc) is 2.22. The highest BCUT2D eigenvalue weighted by molar-refractivity contribution is 7.93. The number of nitrogens with zero attached hydrogens (tertiary/aromatic N) is 2. The first-order valence-corrected chi connectivity index (χ1v) is 6.38. The summed E-state index contributed by atoms with van der Waals surface area (Å²) in [4.78, 5) is 3.96. The van der Waals surface area contributed by atoms with Gasteiger partial charge in [-0.25, -0.2) is 8.42 Å². The maximum atomic E-state index is 11.8. The Bertz CT molecular complexity index is 505. The molecule has 1 atom stereocenters. The molecule has 0 spiro atoms. The highest BCUT2D eigenvalue weighted by Crippen LogP contribution is 2.15. The van der Waals surface area contributed by atoms with E-state index in [0.29, 0.717) is 11.4 Å². The molecule has 0 aromatic carbocycles. The number of aromatic nitrogens is 1. The van der Waals surface area contributed by atoms with Crippen molar-refractivity contribution in [3.63, 3.8) is 0 Å². The van der Waals surface area contributed by atoms with Crippen LogP contribution in [0.1, 0.15) is 19.0 Å². The molecule has 5 nitrogen and oxygen atoms in total. The van der Waals surface area contributed by atoms with E-state index in [-0.39, 0.29) is 6.42 Å². The summed E-state index contributed by atoms with van der Waals surface area (Å²) in [5.74, 6) is 0. The second-order valence-electron chi connectivity index (χ2n) is 3.31. The monoisotopic (exact) mass is 239 g/mol. The lowest BCUT2D eigenvalue weighted by molar-refractivity contribution is 0.592. The molecule has 0 saturated carbocycles. The van der Waals surface area contributed by atoms with Gasteiger partial charge in [-0.1, -0.05) is 6.92 Å². The van der Waals surface area contributed by atoms with Gasteiger partial charge in [0.15, 0.2) is 5.25 Å². The number of nitrogens with one attached hydrogen (secondary N) is 1. The summed E-state index contributed by atoms with van der Waals surface area (Å²) in [6, 6.07) is 5.01. The number of rotatable bonds is 4. The Kier molecular flexibility index (Phi) is 3.85. The molecule has 0 fully saturated rings. The molecule has 0 bridgehead atoms. The van der Waals surface area contributed by atoms with Crippen LogP contribution in [0.15, 0.2) is 18.3 Å². The van der Waals surface area contributed by atoms with Crippen LogP contribution in [0.5, 0.6) is 0 Å². The van der Waals surface area contributed by atoms with Crippen LogP contribution in [-0.4, -0.2) is 18.7 Å². The molecular formula is C10H13N3O2S. The van der Waals surface area contributed by atoms with Crippen molar-refractivity contribution in [2.24, 2.45) is 0 Å². The Morgan fingerprint density at radius 3 is 2.81 bits per heavy atom. The van der Waals surface area contributed by atoms with Gasteiger partial charge in [-0.3, -0.25) is 9.71 Å². The molecule has 0 saturated heterocycles. The second kappa shape index (κ2) is 4.94. The third kappa shape index (κ3) is 2.70. The Balaban J connectivity index is 2.99. The summed E-state index contributed by atoms with van der Waals surface area (Å²) in [6.07, 6.45) is 1.83. The molecule has 1 N–H and O–H groups in total. The number of pyridine rings is 1. The Hall–Kier alpha value is -1.61. The summed E-state index contributed by atoms with van der Waals surface area (Å²) < 4.78 is 25.9. The fourth-order valence-corrected chi connectivity index (χ4v) is 2.44. The van der Waals surface area contributed by atoms with Crippen molar-refractivity contribution in [1.82, 2.24) is 4.98 Å². The van der Waals surface area contributed by atoms with Gasteiger partial charge < -0.3 is 0 Å². The molecule has 0 aliphatic heterocycles. The molecule has 1 unspecified atom stereocenters. The number of nitriles is 1. The minimum atomic E-state index is -3.65. The lowest BCUT2D eigenvalue weighted by Crippen LogP contribution is -2.26.